The van der Waals surface area contributed by atoms with Crippen LogP contribution in [0.2, 0.25) is 18.1 Å². The van der Waals surface area contributed by atoms with Gasteiger partial charge in [-0.1, -0.05) is 45.1 Å². The van der Waals surface area contributed by atoms with Crippen LogP contribution in [0.1, 0.15) is 32.4 Å². The van der Waals surface area contributed by atoms with Crippen molar-refractivity contribution in [3.63, 3.8) is 0 Å². The predicted molar refractivity (Wildman–Crippen MR) is 97.6 cm³/mol. The highest BCUT2D eigenvalue weighted by Gasteiger charge is 2.37. The molecular weight excluding hydrogens is 307 g/mol. The van der Waals surface area contributed by atoms with Gasteiger partial charge in [0.2, 0.25) is 0 Å². The lowest BCUT2D eigenvalue weighted by atomic mass is 10.1. The summed E-state index contributed by atoms with van der Waals surface area (Å²) in [6.45, 7) is 19.0. The molecule has 0 aliphatic carbocycles. The van der Waals surface area contributed by atoms with Gasteiger partial charge in [0.15, 0.2) is 8.32 Å². The van der Waals surface area contributed by atoms with Crippen LogP contribution in [0.4, 0.5) is 4.39 Å². The molecule has 0 fully saturated rings. The molecule has 0 bridgehead atoms. The lowest BCUT2D eigenvalue weighted by Gasteiger charge is -2.37. The van der Waals surface area contributed by atoms with Crippen LogP contribution in [-0.2, 0) is 9.16 Å². The third kappa shape index (κ3) is 5.72. The summed E-state index contributed by atoms with van der Waals surface area (Å²) in [5.41, 5.74) is 0.735. The zero-order valence-corrected chi connectivity index (χ0v) is 15.9. The van der Waals surface area contributed by atoms with Crippen LogP contribution in [0.15, 0.2) is 49.6 Å². The van der Waals surface area contributed by atoms with Gasteiger partial charge in [-0.2, -0.15) is 0 Å². The van der Waals surface area contributed by atoms with Gasteiger partial charge in [0, 0.05) is 0 Å². The van der Waals surface area contributed by atoms with Crippen LogP contribution in [-0.4, -0.2) is 21.0 Å². The summed E-state index contributed by atoms with van der Waals surface area (Å²) < 4.78 is 25.6. The van der Waals surface area contributed by atoms with E-state index in [1.807, 2.05) is 6.07 Å². The molecule has 0 radical (unpaired) electrons. The summed E-state index contributed by atoms with van der Waals surface area (Å²) in [4.78, 5) is 0. The first-order valence-corrected chi connectivity index (χ1v) is 10.8. The molecule has 0 saturated heterocycles. The molecule has 0 amide bonds. The predicted octanol–water partition coefficient (Wildman–Crippen LogP) is 5.65. The van der Waals surface area contributed by atoms with E-state index in [0.29, 0.717) is 6.61 Å². The molecule has 23 heavy (non-hydrogen) atoms. The quantitative estimate of drug-likeness (QED) is 0.451. The third-order valence-electron chi connectivity index (χ3n) is 4.39. The average Bonchev–Trinajstić information content (AvgIpc) is 2.46. The zero-order valence-electron chi connectivity index (χ0n) is 14.9. The van der Waals surface area contributed by atoms with Gasteiger partial charge in [-0.3, -0.25) is 0 Å². The number of hydrogen-bond donors (Lipinski definition) is 0. The van der Waals surface area contributed by atoms with E-state index in [0.717, 1.165) is 5.56 Å². The van der Waals surface area contributed by atoms with Gasteiger partial charge in [-0.15, -0.1) is 13.2 Å². The molecule has 1 aromatic carbocycles. The Balaban J connectivity index is 2.75. The maximum Gasteiger partial charge on any atom is 0.192 e. The molecule has 0 saturated carbocycles. The van der Waals surface area contributed by atoms with Gasteiger partial charge in [0.25, 0.3) is 0 Å². The Kier molecular flexibility index (Phi) is 6.93. The van der Waals surface area contributed by atoms with Crippen LogP contribution < -0.4 is 0 Å². The summed E-state index contributed by atoms with van der Waals surface area (Å²) in [5.74, 6) is -0.286. The van der Waals surface area contributed by atoms with Gasteiger partial charge in [-0.25, -0.2) is 4.39 Å². The Labute approximate surface area is 141 Å². The second-order valence-electron chi connectivity index (χ2n) is 7.19. The van der Waals surface area contributed by atoms with Gasteiger partial charge in [0.05, 0.1) is 12.7 Å². The van der Waals surface area contributed by atoms with Crippen molar-refractivity contribution in [1.29, 1.82) is 0 Å². The van der Waals surface area contributed by atoms with Crippen LogP contribution in [0.5, 0.6) is 0 Å². The van der Waals surface area contributed by atoms with E-state index >= 15 is 0 Å². The maximum absolute atomic E-state index is 13.4. The number of benzene rings is 1. The number of ether oxygens (including phenoxy) is 1. The van der Waals surface area contributed by atoms with Crippen LogP contribution >= 0.6 is 0 Å². The minimum Gasteiger partial charge on any atom is -0.414 e. The third-order valence-corrected chi connectivity index (χ3v) is 8.89. The summed E-state index contributed by atoms with van der Waals surface area (Å²) in [6, 6.07) is 6.36. The zero-order chi connectivity index (χ0) is 17.7. The molecule has 0 spiro atoms. The summed E-state index contributed by atoms with van der Waals surface area (Å²) in [6.07, 6.45) is 2.73. The van der Waals surface area contributed by atoms with Crippen LogP contribution in [0, 0.1) is 5.82 Å². The van der Waals surface area contributed by atoms with Crippen molar-refractivity contribution < 1.29 is 13.6 Å². The normalized spacial score (nSPS) is 15.0. The fraction of sp³-hybridized carbons (Fsp3) is 0.474. The Hall–Kier alpha value is -1.23. The highest BCUT2D eigenvalue weighted by atomic mass is 28.4. The first-order chi connectivity index (χ1) is 10.6. The largest absolute Gasteiger partial charge is 0.414 e. The van der Waals surface area contributed by atoms with Crippen molar-refractivity contribution in [3.05, 3.63) is 61.0 Å². The molecule has 2 atom stereocenters. The molecule has 4 heteroatoms. The molecule has 1 rings (SSSR count). The van der Waals surface area contributed by atoms with Crippen molar-refractivity contribution in [1.82, 2.24) is 0 Å². The van der Waals surface area contributed by atoms with Crippen molar-refractivity contribution in [2.75, 3.05) is 6.61 Å². The molecule has 1 aromatic rings. The van der Waals surface area contributed by atoms with E-state index in [1.165, 1.54) is 12.1 Å². The van der Waals surface area contributed by atoms with Crippen molar-refractivity contribution in [2.45, 2.75) is 51.1 Å². The molecule has 0 aliphatic heterocycles. The summed E-state index contributed by atoms with van der Waals surface area (Å²) in [7, 11) is -1.85. The van der Waals surface area contributed by atoms with Gasteiger partial charge in [-0.05, 0) is 35.8 Å². The fourth-order valence-corrected chi connectivity index (χ4v) is 2.83. The maximum atomic E-state index is 13.4. The Morgan fingerprint density at radius 3 is 2.35 bits per heavy atom. The van der Waals surface area contributed by atoms with Crippen LogP contribution in [0.3, 0.4) is 0 Å². The van der Waals surface area contributed by atoms with Crippen molar-refractivity contribution >= 4 is 8.32 Å². The standard InChI is InChI=1S/C19H29FO2Si/c1-8-17(14-21-23(6,7)19(3,4)5)22-18(9-2)15-11-10-12-16(20)13-15/h8-13,17-18H,1-2,14H2,3-7H3/t17-,18-/m0/s1. The number of halogens is 1. The van der Waals surface area contributed by atoms with Gasteiger partial charge >= 0.3 is 0 Å². The SMILES string of the molecule is C=C[C@H](O[C@@H](C=C)CO[Si](C)(C)C(C)(C)C)c1cccc(F)c1. The van der Waals surface area contributed by atoms with E-state index in [2.05, 4.69) is 47.0 Å². The molecule has 2 nitrogen and oxygen atoms in total. The molecule has 0 N–H and O–H groups in total. The highest BCUT2D eigenvalue weighted by Crippen LogP contribution is 2.36. The highest BCUT2D eigenvalue weighted by molar-refractivity contribution is 6.74. The minimum atomic E-state index is -1.85. The van der Waals surface area contributed by atoms with E-state index in [9.17, 15) is 4.39 Å². The number of rotatable bonds is 8. The Morgan fingerprint density at radius 1 is 1.22 bits per heavy atom. The first-order valence-electron chi connectivity index (χ1n) is 7.90. The second kappa shape index (κ2) is 8.04. The molecule has 0 unspecified atom stereocenters. The lowest BCUT2D eigenvalue weighted by Crippen LogP contribution is -2.42. The average molecular weight is 337 g/mol. The van der Waals surface area contributed by atoms with E-state index in [1.54, 1.807) is 18.2 Å². The fourth-order valence-electron chi connectivity index (χ4n) is 1.81. The van der Waals surface area contributed by atoms with Gasteiger partial charge < -0.3 is 9.16 Å². The van der Waals surface area contributed by atoms with E-state index in [4.69, 9.17) is 9.16 Å². The molecule has 128 valence electrons. The molecule has 0 aromatic heterocycles. The molecular formula is C19H29FO2Si. The smallest absolute Gasteiger partial charge is 0.192 e. The lowest BCUT2D eigenvalue weighted by molar-refractivity contribution is 0.0109. The first kappa shape index (κ1) is 19.8. The molecule has 0 aliphatic rings. The van der Waals surface area contributed by atoms with Crippen molar-refractivity contribution in [2.24, 2.45) is 0 Å². The minimum absolute atomic E-state index is 0.138. The monoisotopic (exact) mass is 336 g/mol. The summed E-state index contributed by atoms with van der Waals surface area (Å²) in [5, 5.41) is 0.138. The van der Waals surface area contributed by atoms with Crippen molar-refractivity contribution in [3.8, 4) is 0 Å². The van der Waals surface area contributed by atoms with E-state index < -0.39 is 14.4 Å². The Morgan fingerprint density at radius 2 is 1.87 bits per heavy atom. The van der Waals surface area contributed by atoms with Crippen LogP contribution in [0.25, 0.3) is 0 Å². The van der Waals surface area contributed by atoms with Gasteiger partial charge in [0.1, 0.15) is 11.9 Å². The summed E-state index contributed by atoms with van der Waals surface area (Å²) >= 11 is 0. The van der Waals surface area contributed by atoms with E-state index in [-0.39, 0.29) is 17.0 Å². The Bertz CT molecular complexity index is 534. The number of hydrogen-bond acceptors (Lipinski definition) is 2. The second-order valence-corrected chi connectivity index (χ2v) is 12.0. The molecule has 0 heterocycles. The topological polar surface area (TPSA) is 18.5 Å².